The molecular formula is C21H25N3O3. The summed E-state index contributed by atoms with van der Waals surface area (Å²) in [6.07, 6.45) is 0. The summed E-state index contributed by atoms with van der Waals surface area (Å²) in [6.45, 7) is 6.80. The van der Waals surface area contributed by atoms with Crippen LogP contribution in [0.25, 0.3) is 0 Å². The molecule has 1 amide bonds. The van der Waals surface area contributed by atoms with Gasteiger partial charge in [0.1, 0.15) is 16.9 Å². The first kappa shape index (κ1) is 20.3. The Morgan fingerprint density at radius 1 is 1.00 bits per heavy atom. The number of rotatable bonds is 7. The first-order valence-electron chi connectivity index (χ1n) is 8.77. The lowest BCUT2D eigenvalue weighted by Crippen LogP contribution is -2.44. The van der Waals surface area contributed by atoms with Gasteiger partial charge in [0.15, 0.2) is 0 Å². The fourth-order valence-corrected chi connectivity index (χ4v) is 2.62. The number of anilines is 1. The van der Waals surface area contributed by atoms with Gasteiger partial charge in [0.05, 0.1) is 18.5 Å². The van der Waals surface area contributed by atoms with Crippen LogP contribution in [0.15, 0.2) is 64.9 Å². The molecule has 142 valence electrons. The summed E-state index contributed by atoms with van der Waals surface area (Å²) in [4.78, 5) is 25.7. The van der Waals surface area contributed by atoms with E-state index in [4.69, 9.17) is 4.74 Å². The lowest BCUT2D eigenvalue weighted by molar-refractivity contribution is -0.140. The minimum Gasteiger partial charge on any atom is -0.497 e. The van der Waals surface area contributed by atoms with Gasteiger partial charge >= 0.3 is 0 Å². The molecule has 0 fully saturated rings. The van der Waals surface area contributed by atoms with Crippen molar-refractivity contribution >= 4 is 23.1 Å². The first-order valence-corrected chi connectivity index (χ1v) is 8.77. The van der Waals surface area contributed by atoms with Gasteiger partial charge in [0.2, 0.25) is 0 Å². The fourth-order valence-electron chi connectivity index (χ4n) is 2.62. The molecule has 0 bridgehead atoms. The van der Waals surface area contributed by atoms with Gasteiger partial charge in [-0.25, -0.2) is 0 Å². The van der Waals surface area contributed by atoms with Crippen LogP contribution in [0.3, 0.4) is 0 Å². The largest absolute Gasteiger partial charge is 0.497 e. The van der Waals surface area contributed by atoms with E-state index < -0.39 is 11.3 Å². The second kappa shape index (κ2) is 8.58. The molecule has 27 heavy (non-hydrogen) atoms. The molecule has 0 saturated carbocycles. The van der Waals surface area contributed by atoms with E-state index in [0.717, 1.165) is 0 Å². The molecule has 0 atom stereocenters. The molecule has 0 spiro atoms. The lowest BCUT2D eigenvalue weighted by atomic mass is 9.81. The molecule has 2 aromatic rings. The Morgan fingerprint density at radius 2 is 1.59 bits per heavy atom. The zero-order valence-corrected chi connectivity index (χ0v) is 16.3. The van der Waals surface area contributed by atoms with E-state index in [1.165, 1.54) is 5.01 Å². The summed E-state index contributed by atoms with van der Waals surface area (Å²) in [5.41, 5.74) is -0.106. The van der Waals surface area contributed by atoms with Crippen LogP contribution in [0.4, 0.5) is 11.4 Å². The van der Waals surface area contributed by atoms with E-state index >= 15 is 0 Å². The van der Waals surface area contributed by atoms with Crippen LogP contribution in [0.2, 0.25) is 0 Å². The van der Waals surface area contributed by atoms with Gasteiger partial charge in [-0.2, -0.15) is 5.01 Å². The normalized spacial score (nSPS) is 11.6. The molecule has 0 saturated heterocycles. The Labute approximate surface area is 159 Å². The summed E-state index contributed by atoms with van der Waals surface area (Å²) < 4.78 is 5.12. The van der Waals surface area contributed by atoms with Crippen LogP contribution in [0, 0.1) is 11.3 Å². The third kappa shape index (κ3) is 4.78. The maximum absolute atomic E-state index is 13.2. The van der Waals surface area contributed by atoms with Gasteiger partial charge in [0.25, 0.3) is 5.91 Å². The van der Waals surface area contributed by atoms with Crippen molar-refractivity contribution in [2.45, 2.75) is 27.7 Å². The second-order valence-corrected chi connectivity index (χ2v) is 6.98. The molecule has 0 aliphatic carbocycles. The van der Waals surface area contributed by atoms with Crippen molar-refractivity contribution < 1.29 is 14.3 Å². The van der Waals surface area contributed by atoms with Gasteiger partial charge in [-0.15, -0.1) is 5.11 Å². The first-order chi connectivity index (χ1) is 12.8. The summed E-state index contributed by atoms with van der Waals surface area (Å²) in [7, 11) is 1.58. The van der Waals surface area contributed by atoms with Crippen molar-refractivity contribution in [1.29, 1.82) is 0 Å². The number of benzene rings is 2. The van der Waals surface area contributed by atoms with E-state index in [9.17, 15) is 9.59 Å². The highest BCUT2D eigenvalue weighted by molar-refractivity contribution is 6.11. The number of nitrogens with zero attached hydrogens (tertiary/aromatic N) is 3. The van der Waals surface area contributed by atoms with E-state index in [0.29, 0.717) is 17.1 Å². The Balaban J connectivity index is 2.38. The van der Waals surface area contributed by atoms with Crippen molar-refractivity contribution in [3.05, 3.63) is 54.6 Å². The van der Waals surface area contributed by atoms with Crippen molar-refractivity contribution in [1.82, 2.24) is 0 Å². The van der Waals surface area contributed by atoms with Crippen LogP contribution >= 0.6 is 0 Å². The molecule has 0 aromatic heterocycles. The quantitative estimate of drug-likeness (QED) is 0.394. The molecule has 0 aliphatic heterocycles. The van der Waals surface area contributed by atoms with E-state index in [1.807, 2.05) is 6.07 Å². The van der Waals surface area contributed by atoms with Crippen molar-refractivity contribution in [2.24, 2.45) is 21.7 Å². The number of para-hydroxylation sites is 1. The number of ketones is 1. The Kier molecular flexibility index (Phi) is 6.45. The van der Waals surface area contributed by atoms with Gasteiger partial charge in [-0.1, -0.05) is 37.3 Å². The molecule has 0 aliphatic rings. The minimum atomic E-state index is -1.22. The number of Topliss-reactive ketones (excluding diaryl/α,β-unsaturated/α-hetero) is 1. The second-order valence-electron chi connectivity index (χ2n) is 6.98. The number of carbonyl (C=O) groups excluding carboxylic acids is 2. The molecule has 2 aromatic carbocycles. The highest BCUT2D eigenvalue weighted by Crippen LogP contribution is 2.29. The van der Waals surface area contributed by atoms with Crippen LogP contribution in [-0.2, 0) is 9.59 Å². The predicted molar refractivity (Wildman–Crippen MR) is 105 cm³/mol. The van der Waals surface area contributed by atoms with Crippen molar-refractivity contribution in [3.63, 3.8) is 0 Å². The molecule has 0 radical (unpaired) electrons. The highest BCUT2D eigenvalue weighted by Gasteiger charge is 2.41. The zero-order chi connectivity index (χ0) is 20.0. The molecule has 6 nitrogen and oxygen atoms in total. The van der Waals surface area contributed by atoms with E-state index in [2.05, 4.69) is 10.3 Å². The maximum Gasteiger partial charge on any atom is 0.261 e. The standard InChI is InChI=1S/C21H25N3O3/c1-15(2)19(25)21(3,4)20(26)24(17-9-7-6-8-10-17)23-22-16-11-13-18(27-5)14-12-16/h6-15H,1-5H3. The Morgan fingerprint density at radius 3 is 2.11 bits per heavy atom. The van der Waals surface area contributed by atoms with E-state index in [1.54, 1.807) is 83.3 Å². The molecule has 2 rings (SSSR count). The highest BCUT2D eigenvalue weighted by atomic mass is 16.5. The Hall–Kier alpha value is -3.02. The number of ether oxygens (including phenoxy) is 1. The Bertz CT molecular complexity index is 812. The summed E-state index contributed by atoms with van der Waals surface area (Å²) in [5, 5.41) is 9.49. The van der Waals surface area contributed by atoms with Gasteiger partial charge in [0, 0.05) is 5.92 Å². The number of amides is 1. The number of carbonyl (C=O) groups is 2. The minimum absolute atomic E-state index is 0.145. The predicted octanol–water partition coefficient (Wildman–Crippen LogP) is 4.98. The molecule has 0 heterocycles. The van der Waals surface area contributed by atoms with Crippen molar-refractivity contribution in [3.8, 4) is 5.75 Å². The number of hydrogen-bond acceptors (Lipinski definition) is 5. The fraction of sp³-hybridized carbons (Fsp3) is 0.333. The molecular weight excluding hydrogens is 342 g/mol. The average Bonchev–Trinajstić information content (AvgIpc) is 2.68. The number of methoxy groups -OCH3 is 1. The van der Waals surface area contributed by atoms with Gasteiger partial charge in [-0.05, 0) is 50.2 Å². The molecule has 0 unspecified atom stereocenters. The van der Waals surface area contributed by atoms with Crippen LogP contribution in [0.5, 0.6) is 5.75 Å². The van der Waals surface area contributed by atoms with Gasteiger partial charge in [-0.3, -0.25) is 9.59 Å². The average molecular weight is 367 g/mol. The zero-order valence-electron chi connectivity index (χ0n) is 16.3. The monoisotopic (exact) mass is 367 g/mol. The third-order valence-corrected chi connectivity index (χ3v) is 4.19. The SMILES string of the molecule is COc1ccc(N=NN(C(=O)C(C)(C)C(=O)C(C)C)c2ccccc2)cc1. The van der Waals surface area contributed by atoms with Crippen LogP contribution in [-0.4, -0.2) is 18.8 Å². The molecule has 6 heteroatoms. The summed E-state index contributed by atoms with van der Waals surface area (Å²) in [6, 6.07) is 15.9. The molecule has 0 N–H and O–H groups in total. The number of hydrogen-bond donors (Lipinski definition) is 0. The van der Waals surface area contributed by atoms with Crippen LogP contribution < -0.4 is 9.75 Å². The van der Waals surface area contributed by atoms with Gasteiger partial charge < -0.3 is 4.74 Å². The topological polar surface area (TPSA) is 71.3 Å². The van der Waals surface area contributed by atoms with Crippen molar-refractivity contribution in [2.75, 3.05) is 12.1 Å². The third-order valence-electron chi connectivity index (χ3n) is 4.19. The van der Waals surface area contributed by atoms with Crippen LogP contribution in [0.1, 0.15) is 27.7 Å². The van der Waals surface area contributed by atoms with E-state index in [-0.39, 0.29) is 11.7 Å². The maximum atomic E-state index is 13.2. The smallest absolute Gasteiger partial charge is 0.261 e. The summed E-state index contributed by atoms with van der Waals surface area (Å²) in [5.74, 6) is -0.133. The lowest BCUT2D eigenvalue weighted by Gasteiger charge is -2.28. The summed E-state index contributed by atoms with van der Waals surface area (Å²) >= 11 is 0.